The second kappa shape index (κ2) is 6.01. The van der Waals surface area contributed by atoms with Crippen LogP contribution in [0.3, 0.4) is 0 Å². The minimum atomic E-state index is -0.791. The molecule has 0 aromatic heterocycles. The topological polar surface area (TPSA) is 125 Å². The summed E-state index contributed by atoms with van der Waals surface area (Å²) < 4.78 is 9.30. The normalized spacial score (nSPS) is 11.7. The molecule has 1 aromatic rings. The van der Waals surface area contributed by atoms with Crippen LogP contribution in [0, 0.1) is 10.1 Å². The molecule has 0 radical (unpaired) electrons. The molecular weight excluding hydrogens is 256 g/mol. The average Bonchev–Trinajstić information content (AvgIpc) is 2.38. The molecule has 0 unspecified atom stereocenters. The Morgan fingerprint density at radius 1 is 1.53 bits per heavy atom. The molecule has 19 heavy (non-hydrogen) atoms. The van der Waals surface area contributed by atoms with E-state index in [1.165, 1.54) is 20.3 Å². The zero-order valence-electron chi connectivity index (χ0n) is 10.5. The number of carbonyl (C=O) groups excluding carboxylic acids is 1. The van der Waals surface area contributed by atoms with Gasteiger partial charge in [0.25, 0.3) is 0 Å². The van der Waals surface area contributed by atoms with E-state index in [1.807, 2.05) is 0 Å². The summed E-state index contributed by atoms with van der Waals surface area (Å²) >= 11 is 0. The number of hydrogen-bond acceptors (Lipinski definition) is 7. The molecule has 0 spiro atoms. The van der Waals surface area contributed by atoms with Gasteiger partial charge in [-0.1, -0.05) is 0 Å². The van der Waals surface area contributed by atoms with Crippen LogP contribution in [-0.4, -0.2) is 30.2 Å². The van der Waals surface area contributed by atoms with Crippen molar-refractivity contribution in [1.29, 1.82) is 0 Å². The summed E-state index contributed by atoms with van der Waals surface area (Å²) in [6, 6.07) is 1.65. The van der Waals surface area contributed by atoms with E-state index in [0.29, 0.717) is 5.56 Å². The van der Waals surface area contributed by atoms with Crippen LogP contribution in [0.4, 0.5) is 5.69 Å². The number of hydrogen-bond donors (Lipinski definition) is 2. The fraction of sp³-hybridized carbons (Fsp3) is 0.364. The van der Waals surface area contributed by atoms with Crippen LogP contribution < -0.4 is 10.5 Å². The Bertz CT molecular complexity index is 502. The van der Waals surface area contributed by atoms with Crippen molar-refractivity contribution in [2.45, 2.75) is 12.5 Å². The first-order chi connectivity index (χ1) is 8.90. The lowest BCUT2D eigenvalue weighted by atomic mass is 10.0. The van der Waals surface area contributed by atoms with Crippen LogP contribution in [0.15, 0.2) is 12.1 Å². The summed E-state index contributed by atoms with van der Waals surface area (Å²) in [5.41, 5.74) is 5.52. The van der Waals surface area contributed by atoms with Crippen molar-refractivity contribution in [1.82, 2.24) is 0 Å². The van der Waals surface area contributed by atoms with Gasteiger partial charge < -0.3 is 20.3 Å². The van der Waals surface area contributed by atoms with Crippen LogP contribution in [0.2, 0.25) is 0 Å². The summed E-state index contributed by atoms with van der Waals surface area (Å²) in [7, 11) is 2.48. The molecule has 1 rings (SSSR count). The Kier molecular flexibility index (Phi) is 4.65. The van der Waals surface area contributed by atoms with Crippen LogP contribution in [0.1, 0.15) is 18.0 Å². The van der Waals surface area contributed by atoms with Crippen molar-refractivity contribution in [2.75, 3.05) is 14.2 Å². The molecule has 8 heteroatoms. The maximum atomic E-state index is 11.1. The van der Waals surface area contributed by atoms with Gasteiger partial charge in [0.1, 0.15) is 0 Å². The number of carbonyl (C=O) groups is 1. The van der Waals surface area contributed by atoms with Gasteiger partial charge in [0.15, 0.2) is 5.75 Å². The minimum absolute atomic E-state index is 0.0792. The smallest absolute Gasteiger partial charge is 0.314 e. The van der Waals surface area contributed by atoms with Crippen molar-refractivity contribution in [3.8, 4) is 11.5 Å². The summed E-state index contributed by atoms with van der Waals surface area (Å²) in [6.45, 7) is 0. The Morgan fingerprint density at radius 2 is 2.16 bits per heavy atom. The molecule has 0 saturated heterocycles. The maximum absolute atomic E-state index is 11.1. The third-order valence-corrected chi connectivity index (χ3v) is 2.54. The molecule has 0 saturated carbocycles. The number of phenolic OH excluding ortho intramolecular Hbond substituents is 1. The van der Waals surface area contributed by atoms with Gasteiger partial charge in [0.2, 0.25) is 5.75 Å². The maximum Gasteiger partial charge on any atom is 0.314 e. The second-order valence-corrected chi connectivity index (χ2v) is 3.73. The number of nitro benzene ring substituents is 1. The number of nitrogens with zero attached hydrogens (tertiary/aromatic N) is 1. The molecule has 0 aliphatic heterocycles. The third kappa shape index (κ3) is 3.32. The van der Waals surface area contributed by atoms with Crippen LogP contribution in [0.25, 0.3) is 0 Å². The number of aromatic hydroxyl groups is 1. The summed E-state index contributed by atoms with van der Waals surface area (Å²) in [4.78, 5) is 21.2. The van der Waals surface area contributed by atoms with Gasteiger partial charge in [-0.2, -0.15) is 0 Å². The Balaban J connectivity index is 3.18. The van der Waals surface area contributed by atoms with Crippen LogP contribution >= 0.6 is 0 Å². The first-order valence-corrected chi connectivity index (χ1v) is 5.28. The molecule has 104 valence electrons. The minimum Gasteiger partial charge on any atom is -0.500 e. The first kappa shape index (κ1) is 14.7. The highest BCUT2D eigenvalue weighted by molar-refractivity contribution is 5.70. The zero-order chi connectivity index (χ0) is 14.6. The fourth-order valence-electron chi connectivity index (χ4n) is 1.50. The summed E-state index contributed by atoms with van der Waals surface area (Å²) in [5, 5.41) is 20.4. The first-order valence-electron chi connectivity index (χ1n) is 5.28. The number of methoxy groups -OCH3 is 2. The predicted molar refractivity (Wildman–Crippen MR) is 64.9 cm³/mol. The quantitative estimate of drug-likeness (QED) is 0.462. The van der Waals surface area contributed by atoms with Crippen LogP contribution in [-0.2, 0) is 9.53 Å². The highest BCUT2D eigenvalue weighted by atomic mass is 16.6. The standard InChI is InChI=1S/C11H14N2O6/c1-18-9-4-6(7(12)5-10(14)19-2)3-8(11(9)15)13(16)17/h3-4,7,15H,5,12H2,1-2H3/t7-/m0/s1. The summed E-state index contributed by atoms with van der Waals surface area (Å²) in [6.07, 6.45) is -0.137. The van der Waals surface area contributed by atoms with Crippen molar-refractivity contribution in [3.63, 3.8) is 0 Å². The molecule has 1 aromatic carbocycles. The fourth-order valence-corrected chi connectivity index (χ4v) is 1.50. The van der Waals surface area contributed by atoms with E-state index in [-0.39, 0.29) is 12.2 Å². The molecule has 8 nitrogen and oxygen atoms in total. The van der Waals surface area contributed by atoms with E-state index in [0.717, 1.165) is 6.07 Å². The molecular formula is C11H14N2O6. The van der Waals surface area contributed by atoms with Crippen molar-refractivity contribution in [2.24, 2.45) is 5.73 Å². The van der Waals surface area contributed by atoms with Gasteiger partial charge in [-0.3, -0.25) is 14.9 Å². The van der Waals surface area contributed by atoms with Gasteiger partial charge in [-0.05, 0) is 11.6 Å². The molecule has 0 amide bonds. The molecule has 0 aliphatic carbocycles. The number of ether oxygens (including phenoxy) is 2. The highest BCUT2D eigenvalue weighted by Gasteiger charge is 2.23. The lowest BCUT2D eigenvalue weighted by Gasteiger charge is -2.13. The Hall–Kier alpha value is -2.35. The number of rotatable bonds is 5. The second-order valence-electron chi connectivity index (χ2n) is 3.73. The van der Waals surface area contributed by atoms with Crippen LogP contribution in [0.5, 0.6) is 11.5 Å². The predicted octanol–water partition coefficient (Wildman–Crippen LogP) is 0.872. The zero-order valence-corrected chi connectivity index (χ0v) is 10.5. The molecule has 1 atom stereocenters. The number of nitrogens with two attached hydrogens (primary N) is 1. The largest absolute Gasteiger partial charge is 0.500 e. The number of nitro groups is 1. The van der Waals surface area contributed by atoms with E-state index in [2.05, 4.69) is 4.74 Å². The molecule has 0 aliphatic rings. The number of phenols is 1. The van der Waals surface area contributed by atoms with Gasteiger partial charge in [-0.25, -0.2) is 0 Å². The highest BCUT2D eigenvalue weighted by Crippen LogP contribution is 2.38. The lowest BCUT2D eigenvalue weighted by molar-refractivity contribution is -0.386. The monoisotopic (exact) mass is 270 g/mol. The third-order valence-electron chi connectivity index (χ3n) is 2.54. The van der Waals surface area contributed by atoms with Gasteiger partial charge in [0.05, 0.1) is 25.6 Å². The molecule has 0 heterocycles. The van der Waals surface area contributed by atoms with Crippen molar-refractivity contribution >= 4 is 11.7 Å². The number of benzene rings is 1. The van der Waals surface area contributed by atoms with E-state index >= 15 is 0 Å². The molecule has 3 N–H and O–H groups in total. The Morgan fingerprint density at radius 3 is 2.63 bits per heavy atom. The van der Waals surface area contributed by atoms with E-state index < -0.39 is 28.4 Å². The molecule has 0 bridgehead atoms. The lowest BCUT2D eigenvalue weighted by Crippen LogP contribution is -2.16. The number of esters is 1. The molecule has 0 fully saturated rings. The SMILES string of the molecule is COC(=O)C[C@H](N)c1cc(OC)c(O)c([N+](=O)[O-])c1. The van der Waals surface area contributed by atoms with E-state index in [1.54, 1.807) is 0 Å². The van der Waals surface area contributed by atoms with E-state index in [9.17, 15) is 20.0 Å². The summed E-state index contributed by atoms with van der Waals surface area (Å²) in [5.74, 6) is -1.20. The van der Waals surface area contributed by atoms with Gasteiger partial charge in [0, 0.05) is 12.1 Å². The van der Waals surface area contributed by atoms with E-state index in [4.69, 9.17) is 10.5 Å². The van der Waals surface area contributed by atoms with Gasteiger partial charge in [-0.15, -0.1) is 0 Å². The Labute approximate surface area is 108 Å². The van der Waals surface area contributed by atoms with Crippen molar-refractivity contribution < 1.29 is 24.3 Å². The van der Waals surface area contributed by atoms with Gasteiger partial charge >= 0.3 is 11.7 Å². The van der Waals surface area contributed by atoms with Crippen molar-refractivity contribution in [3.05, 3.63) is 27.8 Å². The average molecular weight is 270 g/mol.